The second kappa shape index (κ2) is 8.43. The molecule has 110 valence electrons. The number of aliphatic carboxylic acids is 1. The zero-order valence-corrected chi connectivity index (χ0v) is 12.2. The maximum atomic E-state index is 12.2. The lowest BCUT2D eigenvalue weighted by atomic mass is 9.78. The minimum atomic E-state index is -0.956. The Bertz CT molecular complexity index is 312. The average molecular weight is 288 g/mol. The topological polar surface area (TPSA) is 92.4 Å². The number of nitrogens with one attached hydrogen (secondary N) is 1. The van der Waals surface area contributed by atoms with E-state index in [0.717, 1.165) is 31.4 Å². The highest BCUT2D eigenvalue weighted by Gasteiger charge is 2.32. The zero-order valence-electron chi connectivity index (χ0n) is 11.4. The standard InChI is InChI=1S/C13H24N2O3S/c1-19-7-6-11(13(17)18)15-12(16)10-5-3-2-4-9(10)8-14/h9-11H,2-8,14H2,1H3,(H,15,16)(H,17,18)/t9?,10?,11-/m1/s1. The molecule has 1 rings (SSSR count). The smallest absolute Gasteiger partial charge is 0.326 e. The van der Waals surface area contributed by atoms with E-state index in [2.05, 4.69) is 5.32 Å². The van der Waals surface area contributed by atoms with Crippen LogP contribution >= 0.6 is 11.8 Å². The Kier molecular flexibility index (Phi) is 7.23. The number of hydrogen-bond acceptors (Lipinski definition) is 4. The summed E-state index contributed by atoms with van der Waals surface area (Å²) in [6, 6.07) is -0.777. The van der Waals surface area contributed by atoms with Crippen LogP contribution in [0, 0.1) is 11.8 Å². The molecule has 0 aromatic heterocycles. The quantitative estimate of drug-likeness (QED) is 0.652. The van der Waals surface area contributed by atoms with E-state index in [0.29, 0.717) is 13.0 Å². The molecule has 0 aromatic carbocycles. The van der Waals surface area contributed by atoms with Crippen molar-refractivity contribution in [3.8, 4) is 0 Å². The summed E-state index contributed by atoms with van der Waals surface area (Å²) in [7, 11) is 0. The van der Waals surface area contributed by atoms with Crippen molar-refractivity contribution >= 4 is 23.6 Å². The molecule has 3 atom stereocenters. The van der Waals surface area contributed by atoms with Gasteiger partial charge in [-0.2, -0.15) is 11.8 Å². The van der Waals surface area contributed by atoms with Crippen molar-refractivity contribution in [2.24, 2.45) is 17.6 Å². The number of thioether (sulfide) groups is 1. The summed E-state index contributed by atoms with van der Waals surface area (Å²) in [4.78, 5) is 23.3. The van der Waals surface area contributed by atoms with Gasteiger partial charge in [-0.1, -0.05) is 12.8 Å². The number of carboxylic acids is 1. The van der Waals surface area contributed by atoms with E-state index in [1.165, 1.54) is 0 Å². The van der Waals surface area contributed by atoms with Gasteiger partial charge in [0.15, 0.2) is 0 Å². The van der Waals surface area contributed by atoms with Crippen LogP contribution in [0.15, 0.2) is 0 Å². The van der Waals surface area contributed by atoms with E-state index in [9.17, 15) is 9.59 Å². The van der Waals surface area contributed by atoms with Gasteiger partial charge in [-0.3, -0.25) is 4.79 Å². The Morgan fingerprint density at radius 1 is 1.42 bits per heavy atom. The third-order valence-electron chi connectivity index (χ3n) is 3.77. The van der Waals surface area contributed by atoms with E-state index < -0.39 is 12.0 Å². The van der Waals surface area contributed by atoms with Crippen molar-refractivity contribution in [2.75, 3.05) is 18.6 Å². The lowest BCUT2D eigenvalue weighted by molar-refractivity contribution is -0.143. The molecule has 1 aliphatic carbocycles. The van der Waals surface area contributed by atoms with Crippen LogP contribution in [-0.4, -0.2) is 41.6 Å². The van der Waals surface area contributed by atoms with Crippen LogP contribution in [0.5, 0.6) is 0 Å². The van der Waals surface area contributed by atoms with Crippen LogP contribution in [0.4, 0.5) is 0 Å². The van der Waals surface area contributed by atoms with Crippen molar-refractivity contribution < 1.29 is 14.7 Å². The fraction of sp³-hybridized carbons (Fsp3) is 0.846. The molecule has 19 heavy (non-hydrogen) atoms. The zero-order chi connectivity index (χ0) is 14.3. The first-order chi connectivity index (χ1) is 9.10. The van der Waals surface area contributed by atoms with Gasteiger partial charge in [0.05, 0.1) is 0 Å². The first-order valence-corrected chi connectivity index (χ1v) is 8.21. The Morgan fingerprint density at radius 2 is 2.11 bits per heavy atom. The first kappa shape index (κ1) is 16.3. The monoisotopic (exact) mass is 288 g/mol. The van der Waals surface area contributed by atoms with E-state index in [1.807, 2.05) is 6.26 Å². The van der Waals surface area contributed by atoms with Gasteiger partial charge in [-0.15, -0.1) is 0 Å². The fourth-order valence-electron chi connectivity index (χ4n) is 2.61. The number of hydrogen-bond donors (Lipinski definition) is 3. The van der Waals surface area contributed by atoms with Crippen molar-refractivity contribution in [1.82, 2.24) is 5.32 Å². The van der Waals surface area contributed by atoms with Crippen LogP contribution in [0.3, 0.4) is 0 Å². The number of nitrogens with two attached hydrogens (primary N) is 1. The second-order valence-corrected chi connectivity index (χ2v) is 6.05. The predicted molar refractivity (Wildman–Crippen MR) is 77.1 cm³/mol. The summed E-state index contributed by atoms with van der Waals surface area (Å²) in [6.07, 6.45) is 6.31. The van der Waals surface area contributed by atoms with Crippen molar-refractivity contribution in [3.05, 3.63) is 0 Å². The average Bonchev–Trinajstić information content (AvgIpc) is 2.42. The molecule has 5 nitrogen and oxygen atoms in total. The third kappa shape index (κ3) is 5.03. The highest BCUT2D eigenvalue weighted by atomic mass is 32.2. The summed E-state index contributed by atoms with van der Waals surface area (Å²) >= 11 is 1.58. The Hall–Kier alpha value is -0.750. The van der Waals surface area contributed by atoms with Gasteiger partial charge < -0.3 is 16.2 Å². The second-order valence-electron chi connectivity index (χ2n) is 5.07. The highest BCUT2D eigenvalue weighted by Crippen LogP contribution is 2.29. The molecule has 1 aliphatic rings. The van der Waals surface area contributed by atoms with Crippen LogP contribution in [0.1, 0.15) is 32.1 Å². The lowest BCUT2D eigenvalue weighted by Crippen LogP contribution is -2.47. The van der Waals surface area contributed by atoms with Crippen molar-refractivity contribution in [3.63, 3.8) is 0 Å². The molecular formula is C13H24N2O3S. The Labute approximate surface area is 118 Å². The molecule has 0 aromatic rings. The van der Waals surface area contributed by atoms with Crippen molar-refractivity contribution in [1.29, 1.82) is 0 Å². The number of carboxylic acid groups (broad SMARTS) is 1. The molecule has 0 saturated heterocycles. The van der Waals surface area contributed by atoms with Gasteiger partial charge in [-0.05, 0) is 43.7 Å². The fourth-order valence-corrected chi connectivity index (χ4v) is 3.08. The maximum absolute atomic E-state index is 12.2. The van der Waals surface area contributed by atoms with Crippen LogP contribution < -0.4 is 11.1 Å². The predicted octanol–water partition coefficient (Wildman–Crippen LogP) is 1.07. The molecule has 0 spiro atoms. The van der Waals surface area contributed by atoms with Gasteiger partial charge >= 0.3 is 5.97 Å². The summed E-state index contributed by atoms with van der Waals surface area (Å²) in [5.41, 5.74) is 5.70. The van der Waals surface area contributed by atoms with Gasteiger partial charge in [-0.25, -0.2) is 4.79 Å². The van der Waals surface area contributed by atoms with Gasteiger partial charge in [0.2, 0.25) is 5.91 Å². The van der Waals surface area contributed by atoms with Gasteiger partial charge in [0, 0.05) is 5.92 Å². The third-order valence-corrected chi connectivity index (χ3v) is 4.42. The number of rotatable bonds is 7. The van der Waals surface area contributed by atoms with E-state index in [4.69, 9.17) is 10.8 Å². The molecular weight excluding hydrogens is 264 g/mol. The summed E-state index contributed by atoms with van der Waals surface area (Å²) < 4.78 is 0. The SMILES string of the molecule is CSCC[C@@H](NC(=O)C1CCCCC1CN)C(=O)O. The van der Waals surface area contributed by atoms with Gasteiger partial charge in [0.25, 0.3) is 0 Å². The number of carbonyl (C=O) groups excluding carboxylic acids is 1. The largest absolute Gasteiger partial charge is 0.480 e. The molecule has 0 radical (unpaired) electrons. The van der Waals surface area contributed by atoms with E-state index >= 15 is 0 Å². The van der Waals surface area contributed by atoms with E-state index in [-0.39, 0.29) is 17.7 Å². The van der Waals surface area contributed by atoms with E-state index in [1.54, 1.807) is 11.8 Å². The lowest BCUT2D eigenvalue weighted by Gasteiger charge is -2.30. The molecule has 0 bridgehead atoms. The Morgan fingerprint density at radius 3 is 2.68 bits per heavy atom. The molecule has 1 fully saturated rings. The number of carbonyl (C=O) groups is 2. The molecule has 4 N–H and O–H groups in total. The Balaban J connectivity index is 2.56. The molecule has 0 aliphatic heterocycles. The molecule has 1 saturated carbocycles. The van der Waals surface area contributed by atoms with Gasteiger partial charge in [0.1, 0.15) is 6.04 Å². The molecule has 1 amide bonds. The molecule has 6 heteroatoms. The van der Waals surface area contributed by atoms with Crippen LogP contribution in [0.25, 0.3) is 0 Å². The normalized spacial score (nSPS) is 24.7. The molecule has 2 unspecified atom stereocenters. The first-order valence-electron chi connectivity index (χ1n) is 6.82. The number of amides is 1. The minimum Gasteiger partial charge on any atom is -0.480 e. The summed E-state index contributed by atoms with van der Waals surface area (Å²) in [5.74, 6) is -0.285. The highest BCUT2D eigenvalue weighted by molar-refractivity contribution is 7.98. The van der Waals surface area contributed by atoms with Crippen LogP contribution in [-0.2, 0) is 9.59 Å². The van der Waals surface area contributed by atoms with Crippen LogP contribution in [0.2, 0.25) is 0 Å². The van der Waals surface area contributed by atoms with Crippen molar-refractivity contribution in [2.45, 2.75) is 38.1 Å². The maximum Gasteiger partial charge on any atom is 0.326 e. The molecule has 0 heterocycles. The summed E-state index contributed by atoms with van der Waals surface area (Å²) in [6.45, 7) is 0.501. The minimum absolute atomic E-state index is 0.116. The summed E-state index contributed by atoms with van der Waals surface area (Å²) in [5, 5.41) is 11.8.